The molecule has 0 atom stereocenters. The maximum absolute atomic E-state index is 13.6. The standard InChI is InChI=1S/C32H35F3N4O5S/c1-3-4-5-18-45(41,42)38-27-20-26(21(2)19-28(27)43-24-10-11-24)31(40)39-16-14-23(15-17-39)22-6-8-25(9-7-22)44-30-13-12-29(36-37-30)32(33,34)35/h3-4,6-9,12-13,19-20,23-24,38H,5,10-11,14-18H2,1-2H3/b4-3-. The molecule has 1 saturated carbocycles. The number of sulfonamides is 1. The van der Waals surface area contributed by atoms with Gasteiger partial charge in [0.15, 0.2) is 5.69 Å². The molecule has 1 N–H and O–H groups in total. The molecule has 1 aromatic heterocycles. The number of anilines is 1. The summed E-state index contributed by atoms with van der Waals surface area (Å²) in [6, 6.07) is 12.5. The molecular weight excluding hydrogens is 609 g/mol. The number of piperidine rings is 1. The molecule has 2 aliphatic rings. The van der Waals surface area contributed by atoms with Gasteiger partial charge in [-0.15, -0.1) is 10.2 Å². The number of ether oxygens (including phenoxy) is 2. The first-order valence-electron chi connectivity index (χ1n) is 14.8. The summed E-state index contributed by atoms with van der Waals surface area (Å²) >= 11 is 0. The van der Waals surface area contributed by atoms with Crippen molar-refractivity contribution >= 4 is 21.6 Å². The van der Waals surface area contributed by atoms with Gasteiger partial charge in [0.1, 0.15) is 11.5 Å². The lowest BCUT2D eigenvalue weighted by Gasteiger charge is -2.33. The summed E-state index contributed by atoms with van der Waals surface area (Å²) in [4.78, 5) is 15.4. The number of likely N-dealkylation sites (tertiary alicyclic amines) is 1. The number of nitrogens with zero attached hydrogens (tertiary/aromatic N) is 3. The summed E-state index contributed by atoms with van der Waals surface area (Å²) in [6.07, 6.45) is 2.71. The van der Waals surface area contributed by atoms with Crippen molar-refractivity contribution in [2.75, 3.05) is 23.6 Å². The highest BCUT2D eigenvalue weighted by atomic mass is 32.2. The van der Waals surface area contributed by atoms with Crippen molar-refractivity contribution in [3.05, 3.63) is 83.1 Å². The molecule has 240 valence electrons. The van der Waals surface area contributed by atoms with Gasteiger partial charge in [0.25, 0.3) is 5.91 Å². The summed E-state index contributed by atoms with van der Waals surface area (Å²) in [7, 11) is -3.65. The summed E-state index contributed by atoms with van der Waals surface area (Å²) in [5.41, 5.74) is 1.38. The smallest absolute Gasteiger partial charge is 0.435 e. The van der Waals surface area contributed by atoms with Gasteiger partial charge in [-0.3, -0.25) is 9.52 Å². The van der Waals surface area contributed by atoms with E-state index in [-0.39, 0.29) is 35.2 Å². The molecule has 1 saturated heterocycles. The Morgan fingerprint density at radius 1 is 1.04 bits per heavy atom. The van der Waals surface area contributed by atoms with E-state index in [2.05, 4.69) is 14.9 Å². The van der Waals surface area contributed by atoms with Gasteiger partial charge in [-0.05, 0) is 93.3 Å². The lowest BCUT2D eigenvalue weighted by molar-refractivity contribution is -0.141. The molecule has 2 aromatic carbocycles. The molecule has 0 unspecified atom stereocenters. The summed E-state index contributed by atoms with van der Waals surface area (Å²) in [5, 5.41) is 6.66. The molecule has 3 aromatic rings. The van der Waals surface area contributed by atoms with Gasteiger partial charge in [0, 0.05) is 24.7 Å². The van der Waals surface area contributed by atoms with Crippen molar-refractivity contribution in [3.8, 4) is 17.4 Å². The minimum atomic E-state index is -4.57. The van der Waals surface area contributed by atoms with E-state index in [4.69, 9.17) is 9.47 Å². The zero-order valence-electron chi connectivity index (χ0n) is 25.0. The fourth-order valence-corrected chi connectivity index (χ4v) is 6.15. The Morgan fingerprint density at radius 2 is 1.76 bits per heavy atom. The lowest BCUT2D eigenvalue weighted by atomic mass is 9.89. The maximum Gasteiger partial charge on any atom is 0.435 e. The third-order valence-corrected chi connectivity index (χ3v) is 9.02. The first kappa shape index (κ1) is 32.3. The van der Waals surface area contributed by atoms with Gasteiger partial charge in [-0.2, -0.15) is 13.2 Å². The van der Waals surface area contributed by atoms with Gasteiger partial charge >= 0.3 is 6.18 Å². The van der Waals surface area contributed by atoms with Crippen LogP contribution in [0.1, 0.15) is 72.1 Å². The molecular formula is C32H35F3N4O5S. The van der Waals surface area contributed by atoms with Crippen LogP contribution in [0.2, 0.25) is 0 Å². The van der Waals surface area contributed by atoms with Crippen LogP contribution in [0.4, 0.5) is 18.9 Å². The Balaban J connectivity index is 1.22. The number of amides is 1. The van der Waals surface area contributed by atoms with Crippen LogP contribution < -0.4 is 14.2 Å². The van der Waals surface area contributed by atoms with Crippen molar-refractivity contribution in [3.63, 3.8) is 0 Å². The molecule has 5 rings (SSSR count). The molecule has 1 amide bonds. The van der Waals surface area contributed by atoms with Crippen LogP contribution >= 0.6 is 0 Å². The van der Waals surface area contributed by atoms with E-state index in [0.29, 0.717) is 42.1 Å². The van der Waals surface area contributed by atoms with Crippen LogP contribution in [0.3, 0.4) is 0 Å². The SMILES string of the molecule is C/C=C\CCS(=O)(=O)Nc1cc(C(=O)N2CCC(c3ccc(Oc4ccc(C(F)(F)F)nn4)cc3)CC2)c(C)cc1OC1CC1. The average molecular weight is 645 g/mol. The monoisotopic (exact) mass is 644 g/mol. The number of aryl methyl sites for hydroxylation is 1. The summed E-state index contributed by atoms with van der Waals surface area (Å²) < 4.78 is 77.9. The fraction of sp³-hybridized carbons (Fsp3) is 0.406. The second kappa shape index (κ2) is 13.5. The highest BCUT2D eigenvalue weighted by Gasteiger charge is 2.33. The van der Waals surface area contributed by atoms with Crippen molar-refractivity contribution < 1.29 is 35.9 Å². The Morgan fingerprint density at radius 3 is 2.36 bits per heavy atom. The van der Waals surface area contributed by atoms with Crippen LogP contribution in [0.5, 0.6) is 17.4 Å². The van der Waals surface area contributed by atoms with Gasteiger partial charge in [0.05, 0.1) is 17.5 Å². The number of aromatic nitrogens is 2. The number of hydrogen-bond donors (Lipinski definition) is 1. The molecule has 1 aliphatic carbocycles. The molecule has 13 heteroatoms. The molecule has 9 nitrogen and oxygen atoms in total. The van der Waals surface area contributed by atoms with E-state index in [1.807, 2.05) is 26.0 Å². The normalized spacial score (nSPS) is 16.2. The van der Waals surface area contributed by atoms with E-state index in [9.17, 15) is 26.4 Å². The van der Waals surface area contributed by atoms with Crippen molar-refractivity contribution in [2.24, 2.45) is 0 Å². The van der Waals surface area contributed by atoms with E-state index in [1.165, 1.54) is 0 Å². The minimum absolute atomic E-state index is 0.0467. The van der Waals surface area contributed by atoms with Crippen molar-refractivity contribution in [1.82, 2.24) is 15.1 Å². The number of carbonyl (C=O) groups is 1. The van der Waals surface area contributed by atoms with Gasteiger partial charge in [-0.25, -0.2) is 8.42 Å². The van der Waals surface area contributed by atoms with Crippen molar-refractivity contribution in [1.29, 1.82) is 0 Å². The van der Waals surface area contributed by atoms with E-state index < -0.39 is 21.9 Å². The number of carbonyl (C=O) groups excluding carboxylic acids is 1. The predicted molar refractivity (Wildman–Crippen MR) is 163 cm³/mol. The third-order valence-electron chi connectivity index (χ3n) is 7.72. The fourth-order valence-electron chi connectivity index (χ4n) is 5.10. The van der Waals surface area contributed by atoms with Crippen LogP contribution in [0.25, 0.3) is 0 Å². The Bertz CT molecular complexity index is 1630. The number of halogens is 3. The molecule has 0 radical (unpaired) electrons. The topological polar surface area (TPSA) is 111 Å². The molecule has 0 spiro atoms. The first-order valence-corrected chi connectivity index (χ1v) is 16.5. The van der Waals surface area contributed by atoms with E-state index in [1.54, 1.807) is 41.3 Å². The molecule has 2 heterocycles. The second-order valence-electron chi connectivity index (χ2n) is 11.3. The second-order valence-corrected chi connectivity index (χ2v) is 13.1. The molecule has 0 bridgehead atoms. The highest BCUT2D eigenvalue weighted by molar-refractivity contribution is 7.92. The number of allylic oxidation sites excluding steroid dienone is 2. The number of nitrogens with one attached hydrogen (secondary N) is 1. The van der Waals surface area contributed by atoms with Gasteiger partial charge in [0.2, 0.25) is 15.9 Å². The Labute approximate surface area is 260 Å². The number of hydrogen-bond acceptors (Lipinski definition) is 7. The van der Waals surface area contributed by atoms with E-state index >= 15 is 0 Å². The zero-order chi connectivity index (χ0) is 32.2. The quantitative estimate of drug-likeness (QED) is 0.227. The Hall–Kier alpha value is -4.13. The van der Waals surface area contributed by atoms with Crippen LogP contribution in [-0.4, -0.2) is 54.4 Å². The zero-order valence-corrected chi connectivity index (χ0v) is 25.8. The number of benzene rings is 2. The van der Waals surface area contributed by atoms with Gasteiger partial charge in [-0.1, -0.05) is 24.3 Å². The third kappa shape index (κ3) is 8.53. The first-order chi connectivity index (χ1) is 21.4. The summed E-state index contributed by atoms with van der Waals surface area (Å²) in [6.45, 7) is 4.70. The largest absolute Gasteiger partial charge is 0.488 e. The van der Waals surface area contributed by atoms with E-state index in [0.717, 1.165) is 43.4 Å². The average Bonchev–Trinajstić information content (AvgIpc) is 3.83. The molecule has 2 fully saturated rings. The summed E-state index contributed by atoms with van der Waals surface area (Å²) in [5.74, 6) is 0.746. The lowest BCUT2D eigenvalue weighted by Crippen LogP contribution is -2.38. The molecule has 45 heavy (non-hydrogen) atoms. The van der Waals surface area contributed by atoms with Crippen molar-refractivity contribution in [2.45, 2.75) is 64.1 Å². The number of alkyl halides is 3. The van der Waals surface area contributed by atoms with Crippen LogP contribution in [0.15, 0.2) is 60.7 Å². The molecule has 1 aliphatic heterocycles. The van der Waals surface area contributed by atoms with Crippen LogP contribution in [0, 0.1) is 6.92 Å². The predicted octanol–water partition coefficient (Wildman–Crippen LogP) is 6.87. The van der Waals surface area contributed by atoms with Gasteiger partial charge < -0.3 is 14.4 Å². The minimum Gasteiger partial charge on any atom is -0.488 e. The van der Waals surface area contributed by atoms with Crippen LogP contribution in [-0.2, 0) is 16.2 Å². The Kier molecular flexibility index (Phi) is 9.66. The number of rotatable bonds is 11. The highest BCUT2D eigenvalue weighted by Crippen LogP contribution is 2.37. The maximum atomic E-state index is 13.6.